The summed E-state index contributed by atoms with van der Waals surface area (Å²) in [6.07, 6.45) is 0. The van der Waals surface area contributed by atoms with Crippen molar-refractivity contribution in [3.63, 3.8) is 0 Å². The number of nitro groups is 1. The van der Waals surface area contributed by atoms with E-state index in [4.69, 9.17) is 18.0 Å². The van der Waals surface area contributed by atoms with Crippen LogP contribution in [-0.4, -0.2) is 15.0 Å². The lowest BCUT2D eigenvalue weighted by atomic mass is 10.3. The van der Waals surface area contributed by atoms with Crippen molar-refractivity contribution in [1.29, 1.82) is 0 Å². The fourth-order valence-corrected chi connectivity index (χ4v) is 1.69. The van der Waals surface area contributed by atoms with Crippen molar-refractivity contribution >= 4 is 40.3 Å². The Morgan fingerprint density at radius 1 is 1.20 bits per heavy atom. The number of non-ortho nitro benzene ring substituents is 1. The first-order valence-electron chi connectivity index (χ1n) is 5.59. The molecule has 0 saturated heterocycles. The minimum Gasteiger partial charge on any atom is -0.384 e. The smallest absolute Gasteiger partial charge is 0.269 e. The average molecular weight is 289 g/mol. The van der Waals surface area contributed by atoms with E-state index in [2.05, 4.69) is 15.6 Å². The molecule has 0 aliphatic heterocycles. The first-order valence-corrected chi connectivity index (χ1v) is 6.00. The second-order valence-electron chi connectivity index (χ2n) is 3.83. The van der Waals surface area contributed by atoms with Gasteiger partial charge in [-0.05, 0) is 36.5 Å². The molecule has 2 rings (SSSR count). The summed E-state index contributed by atoms with van der Waals surface area (Å²) in [4.78, 5) is 14.1. The number of thiocarbonyl (C=S) groups is 1. The lowest BCUT2D eigenvalue weighted by Crippen LogP contribution is -2.19. The van der Waals surface area contributed by atoms with E-state index in [0.717, 1.165) is 0 Å². The van der Waals surface area contributed by atoms with E-state index in [-0.39, 0.29) is 5.69 Å². The highest BCUT2D eigenvalue weighted by Crippen LogP contribution is 2.15. The summed E-state index contributed by atoms with van der Waals surface area (Å²) in [6, 6.07) is 11.1. The Bertz CT molecular complexity index is 645. The SMILES string of the molecule is Nc1cccc(NC(=S)Nc2ccc([N+](=O)[O-])cc2)n1. The molecule has 0 amide bonds. The number of pyridine rings is 1. The standard InChI is InChI=1S/C12H11N5O2S/c13-10-2-1-3-11(15-10)16-12(20)14-8-4-6-9(7-5-8)17(18)19/h1-7H,(H4,13,14,15,16,20). The number of aromatic nitrogens is 1. The minimum absolute atomic E-state index is 0.0203. The van der Waals surface area contributed by atoms with E-state index in [9.17, 15) is 10.1 Å². The number of nitrogens with zero attached hydrogens (tertiary/aromatic N) is 2. The van der Waals surface area contributed by atoms with Crippen molar-refractivity contribution < 1.29 is 4.92 Å². The molecule has 1 heterocycles. The Morgan fingerprint density at radius 3 is 2.50 bits per heavy atom. The molecule has 102 valence electrons. The quantitative estimate of drug-likeness (QED) is 0.452. The zero-order valence-electron chi connectivity index (χ0n) is 10.2. The van der Waals surface area contributed by atoms with Crippen LogP contribution in [0.3, 0.4) is 0 Å². The largest absolute Gasteiger partial charge is 0.384 e. The third-order valence-electron chi connectivity index (χ3n) is 2.35. The summed E-state index contributed by atoms with van der Waals surface area (Å²) in [7, 11) is 0. The summed E-state index contributed by atoms with van der Waals surface area (Å²) >= 11 is 5.11. The fourth-order valence-electron chi connectivity index (χ4n) is 1.47. The Hall–Kier alpha value is -2.74. The number of nitro benzene ring substituents is 1. The molecule has 0 atom stereocenters. The van der Waals surface area contributed by atoms with Crippen LogP contribution in [0.25, 0.3) is 0 Å². The summed E-state index contributed by atoms with van der Waals surface area (Å²) in [6.45, 7) is 0. The molecule has 1 aromatic carbocycles. The van der Waals surface area contributed by atoms with Gasteiger partial charge in [0.15, 0.2) is 5.11 Å². The molecule has 0 unspecified atom stereocenters. The number of anilines is 3. The van der Waals surface area contributed by atoms with E-state index in [1.54, 1.807) is 30.3 Å². The number of nitrogen functional groups attached to an aromatic ring is 1. The van der Waals surface area contributed by atoms with Gasteiger partial charge in [-0.1, -0.05) is 6.07 Å². The van der Waals surface area contributed by atoms with E-state index in [1.165, 1.54) is 12.1 Å². The van der Waals surface area contributed by atoms with Crippen LogP contribution < -0.4 is 16.4 Å². The van der Waals surface area contributed by atoms with Crippen LogP contribution in [0.1, 0.15) is 0 Å². The third kappa shape index (κ3) is 3.62. The Kier molecular flexibility index (Phi) is 4.06. The van der Waals surface area contributed by atoms with Gasteiger partial charge in [0.25, 0.3) is 5.69 Å². The van der Waals surface area contributed by atoms with Gasteiger partial charge in [-0.15, -0.1) is 0 Å². The predicted octanol–water partition coefficient (Wildman–Crippen LogP) is 2.38. The van der Waals surface area contributed by atoms with Crippen molar-refractivity contribution in [2.75, 3.05) is 16.4 Å². The molecule has 8 heteroatoms. The normalized spacial score (nSPS) is 9.80. The van der Waals surface area contributed by atoms with Gasteiger partial charge in [-0.3, -0.25) is 10.1 Å². The second kappa shape index (κ2) is 5.93. The van der Waals surface area contributed by atoms with E-state index in [1.807, 2.05) is 0 Å². The number of hydrogen-bond acceptors (Lipinski definition) is 5. The topological polar surface area (TPSA) is 106 Å². The van der Waals surface area contributed by atoms with E-state index >= 15 is 0 Å². The fraction of sp³-hybridized carbons (Fsp3) is 0. The second-order valence-corrected chi connectivity index (χ2v) is 4.24. The summed E-state index contributed by atoms with van der Waals surface area (Å²) < 4.78 is 0. The van der Waals surface area contributed by atoms with Gasteiger partial charge in [0, 0.05) is 17.8 Å². The first kappa shape index (κ1) is 13.7. The Balaban J connectivity index is 1.99. The van der Waals surface area contributed by atoms with Crippen LogP contribution in [0.15, 0.2) is 42.5 Å². The Labute approximate surface area is 120 Å². The maximum Gasteiger partial charge on any atom is 0.269 e. The molecular formula is C12H11N5O2S. The highest BCUT2D eigenvalue weighted by molar-refractivity contribution is 7.80. The maximum atomic E-state index is 10.5. The van der Waals surface area contributed by atoms with Gasteiger partial charge in [-0.2, -0.15) is 0 Å². The molecule has 4 N–H and O–H groups in total. The van der Waals surface area contributed by atoms with Crippen LogP contribution in [0.4, 0.5) is 23.0 Å². The third-order valence-corrected chi connectivity index (χ3v) is 2.55. The molecule has 7 nitrogen and oxygen atoms in total. The number of nitrogens with two attached hydrogens (primary N) is 1. The molecule has 20 heavy (non-hydrogen) atoms. The molecule has 0 fully saturated rings. The van der Waals surface area contributed by atoms with Crippen molar-refractivity contribution in [2.45, 2.75) is 0 Å². The molecule has 0 aliphatic rings. The number of nitrogens with one attached hydrogen (secondary N) is 2. The lowest BCUT2D eigenvalue weighted by Gasteiger charge is -2.09. The van der Waals surface area contributed by atoms with Crippen molar-refractivity contribution in [3.8, 4) is 0 Å². The van der Waals surface area contributed by atoms with Gasteiger partial charge in [0.05, 0.1) is 4.92 Å². The highest BCUT2D eigenvalue weighted by Gasteiger charge is 2.05. The van der Waals surface area contributed by atoms with E-state index in [0.29, 0.717) is 22.4 Å². The number of hydrogen-bond donors (Lipinski definition) is 3. The van der Waals surface area contributed by atoms with Crippen molar-refractivity contribution in [1.82, 2.24) is 4.98 Å². The molecule has 0 spiro atoms. The van der Waals surface area contributed by atoms with Gasteiger partial charge in [0.1, 0.15) is 11.6 Å². The number of rotatable bonds is 3. The van der Waals surface area contributed by atoms with Crippen LogP contribution in [0.2, 0.25) is 0 Å². The van der Waals surface area contributed by atoms with Crippen LogP contribution in [0, 0.1) is 10.1 Å². The molecule has 2 aromatic rings. The molecule has 1 aromatic heterocycles. The predicted molar refractivity (Wildman–Crippen MR) is 81.6 cm³/mol. The van der Waals surface area contributed by atoms with Crippen LogP contribution >= 0.6 is 12.2 Å². The zero-order valence-corrected chi connectivity index (χ0v) is 11.1. The van der Waals surface area contributed by atoms with Crippen LogP contribution in [-0.2, 0) is 0 Å². The molecule has 0 bridgehead atoms. The van der Waals surface area contributed by atoms with Crippen molar-refractivity contribution in [3.05, 3.63) is 52.6 Å². The van der Waals surface area contributed by atoms with Crippen LogP contribution in [0.5, 0.6) is 0 Å². The maximum absolute atomic E-state index is 10.5. The minimum atomic E-state index is -0.461. The molecule has 0 radical (unpaired) electrons. The first-order chi connectivity index (χ1) is 9.54. The van der Waals surface area contributed by atoms with Crippen molar-refractivity contribution in [2.24, 2.45) is 0 Å². The van der Waals surface area contributed by atoms with Gasteiger partial charge < -0.3 is 16.4 Å². The molecule has 0 saturated carbocycles. The summed E-state index contributed by atoms with van der Waals surface area (Å²) in [5, 5.41) is 16.6. The molecular weight excluding hydrogens is 278 g/mol. The highest BCUT2D eigenvalue weighted by atomic mass is 32.1. The molecule has 0 aliphatic carbocycles. The number of benzene rings is 1. The van der Waals surface area contributed by atoms with Gasteiger partial charge in [0.2, 0.25) is 0 Å². The summed E-state index contributed by atoms with van der Waals surface area (Å²) in [5.74, 6) is 0.901. The monoisotopic (exact) mass is 289 g/mol. The van der Waals surface area contributed by atoms with E-state index < -0.39 is 4.92 Å². The summed E-state index contributed by atoms with van der Waals surface area (Å²) in [5.41, 5.74) is 6.21. The van der Waals surface area contributed by atoms with Gasteiger partial charge >= 0.3 is 0 Å². The Morgan fingerprint density at radius 2 is 1.90 bits per heavy atom. The van der Waals surface area contributed by atoms with Gasteiger partial charge in [-0.25, -0.2) is 4.98 Å². The lowest BCUT2D eigenvalue weighted by molar-refractivity contribution is -0.384. The average Bonchev–Trinajstić information content (AvgIpc) is 2.39. The zero-order chi connectivity index (χ0) is 14.5.